The van der Waals surface area contributed by atoms with Gasteiger partial charge in [-0.25, -0.2) is 0 Å². The minimum absolute atomic E-state index is 0.475. The van der Waals surface area contributed by atoms with E-state index in [4.69, 9.17) is 18.0 Å². The molecular formula is C15H22N2S. The van der Waals surface area contributed by atoms with E-state index in [9.17, 15) is 0 Å². The van der Waals surface area contributed by atoms with Crippen LogP contribution in [0.5, 0.6) is 0 Å². The van der Waals surface area contributed by atoms with Gasteiger partial charge in [-0.1, -0.05) is 25.1 Å². The van der Waals surface area contributed by atoms with Crippen LogP contribution >= 0.6 is 12.2 Å². The fraction of sp³-hybridized carbons (Fsp3) is 0.533. The first-order chi connectivity index (χ1) is 8.58. The standard InChI is InChI=1S/C15H22N2S/c1-10-9-13(7-8-14(10)15(16)18)17-11(2)12-5-3-4-6-12/h7-9,11-12,17H,3-6H2,1-2H3,(H2,16,18). The lowest BCUT2D eigenvalue weighted by Gasteiger charge is -2.22. The zero-order valence-corrected chi connectivity index (χ0v) is 12.0. The fourth-order valence-corrected chi connectivity index (χ4v) is 3.10. The van der Waals surface area contributed by atoms with Crippen LogP contribution in [0.4, 0.5) is 5.69 Å². The van der Waals surface area contributed by atoms with E-state index in [1.807, 2.05) is 6.07 Å². The molecule has 98 valence electrons. The zero-order valence-electron chi connectivity index (χ0n) is 11.2. The van der Waals surface area contributed by atoms with Gasteiger partial charge in [0.25, 0.3) is 0 Å². The summed E-state index contributed by atoms with van der Waals surface area (Å²) >= 11 is 5.03. The Labute approximate surface area is 115 Å². The highest BCUT2D eigenvalue weighted by Gasteiger charge is 2.21. The first-order valence-corrected chi connectivity index (χ1v) is 7.15. The molecule has 0 radical (unpaired) electrons. The van der Waals surface area contributed by atoms with Gasteiger partial charge in [0.1, 0.15) is 4.99 Å². The SMILES string of the molecule is Cc1cc(NC(C)C2CCCC2)ccc1C(N)=S. The molecule has 18 heavy (non-hydrogen) atoms. The van der Waals surface area contributed by atoms with Gasteiger partial charge in [-0.2, -0.15) is 0 Å². The van der Waals surface area contributed by atoms with Gasteiger partial charge in [-0.05, 0) is 56.4 Å². The maximum Gasteiger partial charge on any atom is 0.104 e. The summed E-state index contributed by atoms with van der Waals surface area (Å²) in [7, 11) is 0. The summed E-state index contributed by atoms with van der Waals surface area (Å²) in [6, 6.07) is 6.77. The molecule has 2 nitrogen and oxygen atoms in total. The van der Waals surface area contributed by atoms with Crippen LogP contribution in [-0.2, 0) is 0 Å². The van der Waals surface area contributed by atoms with Crippen molar-refractivity contribution in [3.63, 3.8) is 0 Å². The number of benzene rings is 1. The van der Waals surface area contributed by atoms with E-state index in [1.54, 1.807) is 0 Å². The van der Waals surface area contributed by atoms with E-state index >= 15 is 0 Å². The van der Waals surface area contributed by atoms with Crippen molar-refractivity contribution in [1.82, 2.24) is 0 Å². The molecule has 1 fully saturated rings. The lowest BCUT2D eigenvalue weighted by molar-refractivity contribution is 0.482. The predicted molar refractivity (Wildman–Crippen MR) is 82.1 cm³/mol. The summed E-state index contributed by atoms with van der Waals surface area (Å²) in [6.07, 6.45) is 5.49. The Morgan fingerprint density at radius 3 is 2.61 bits per heavy atom. The van der Waals surface area contributed by atoms with Crippen molar-refractivity contribution in [3.8, 4) is 0 Å². The summed E-state index contributed by atoms with van der Waals surface area (Å²) in [5, 5.41) is 3.61. The summed E-state index contributed by atoms with van der Waals surface area (Å²) in [4.78, 5) is 0.475. The van der Waals surface area contributed by atoms with Crippen LogP contribution in [0, 0.1) is 12.8 Å². The van der Waals surface area contributed by atoms with Crippen molar-refractivity contribution >= 4 is 22.9 Å². The highest BCUT2D eigenvalue weighted by atomic mass is 32.1. The first kappa shape index (κ1) is 13.3. The fourth-order valence-electron chi connectivity index (χ4n) is 2.87. The molecular weight excluding hydrogens is 240 g/mol. The molecule has 1 aliphatic rings. The molecule has 3 heteroatoms. The van der Waals surface area contributed by atoms with Gasteiger partial charge < -0.3 is 11.1 Å². The van der Waals surface area contributed by atoms with Crippen molar-refractivity contribution in [2.45, 2.75) is 45.6 Å². The van der Waals surface area contributed by atoms with Crippen LogP contribution in [0.25, 0.3) is 0 Å². The van der Waals surface area contributed by atoms with Crippen molar-refractivity contribution in [2.75, 3.05) is 5.32 Å². The monoisotopic (exact) mass is 262 g/mol. The molecule has 0 aliphatic heterocycles. The quantitative estimate of drug-likeness (QED) is 0.814. The summed E-state index contributed by atoms with van der Waals surface area (Å²) in [5.74, 6) is 0.820. The lowest BCUT2D eigenvalue weighted by Crippen LogP contribution is -2.24. The molecule has 1 atom stereocenters. The van der Waals surface area contributed by atoms with Crippen molar-refractivity contribution in [3.05, 3.63) is 29.3 Å². The third-order valence-electron chi connectivity index (χ3n) is 3.99. The molecule has 2 rings (SSSR count). The van der Waals surface area contributed by atoms with Gasteiger partial charge in [-0.15, -0.1) is 0 Å². The van der Waals surface area contributed by atoms with Crippen LogP contribution in [0.2, 0.25) is 0 Å². The minimum Gasteiger partial charge on any atom is -0.389 e. The second-order valence-electron chi connectivity index (χ2n) is 5.37. The second kappa shape index (κ2) is 5.70. The Morgan fingerprint density at radius 2 is 2.06 bits per heavy atom. The van der Waals surface area contributed by atoms with Gasteiger partial charge in [0.15, 0.2) is 0 Å². The molecule has 3 N–H and O–H groups in total. The number of rotatable bonds is 4. The maximum absolute atomic E-state index is 5.68. The van der Waals surface area contributed by atoms with Crippen LogP contribution in [-0.4, -0.2) is 11.0 Å². The number of nitrogens with one attached hydrogen (secondary N) is 1. The topological polar surface area (TPSA) is 38.0 Å². The maximum atomic E-state index is 5.68. The Hall–Kier alpha value is -1.09. The van der Waals surface area contributed by atoms with Crippen LogP contribution in [0.15, 0.2) is 18.2 Å². The highest BCUT2D eigenvalue weighted by molar-refractivity contribution is 7.80. The minimum atomic E-state index is 0.475. The largest absolute Gasteiger partial charge is 0.389 e. The van der Waals surface area contributed by atoms with Crippen LogP contribution in [0.3, 0.4) is 0 Å². The number of hydrogen-bond acceptors (Lipinski definition) is 2. The molecule has 0 bridgehead atoms. The molecule has 0 saturated heterocycles. The van der Waals surface area contributed by atoms with Crippen molar-refractivity contribution in [2.24, 2.45) is 11.7 Å². The Kier molecular flexibility index (Phi) is 4.23. The van der Waals surface area contributed by atoms with E-state index < -0.39 is 0 Å². The van der Waals surface area contributed by atoms with Gasteiger partial charge in [0.05, 0.1) is 0 Å². The molecule has 0 heterocycles. The normalized spacial score (nSPS) is 17.7. The van der Waals surface area contributed by atoms with E-state index in [-0.39, 0.29) is 0 Å². The van der Waals surface area contributed by atoms with Crippen LogP contribution < -0.4 is 11.1 Å². The zero-order chi connectivity index (χ0) is 13.1. The molecule has 0 amide bonds. The highest BCUT2D eigenvalue weighted by Crippen LogP contribution is 2.29. The molecule has 1 saturated carbocycles. The average Bonchev–Trinajstić information content (AvgIpc) is 2.81. The van der Waals surface area contributed by atoms with E-state index in [1.165, 1.54) is 31.4 Å². The Balaban J connectivity index is 2.05. The van der Waals surface area contributed by atoms with Gasteiger partial charge >= 0.3 is 0 Å². The molecule has 1 aromatic rings. The summed E-state index contributed by atoms with van der Waals surface area (Å²) < 4.78 is 0. The van der Waals surface area contributed by atoms with Gasteiger partial charge in [-0.3, -0.25) is 0 Å². The number of anilines is 1. The Bertz CT molecular complexity index is 436. The van der Waals surface area contributed by atoms with Crippen molar-refractivity contribution in [1.29, 1.82) is 0 Å². The molecule has 1 aliphatic carbocycles. The number of hydrogen-bond donors (Lipinski definition) is 2. The Morgan fingerprint density at radius 1 is 1.39 bits per heavy atom. The predicted octanol–water partition coefficient (Wildman–Crippen LogP) is 3.62. The van der Waals surface area contributed by atoms with E-state index in [2.05, 4.69) is 31.3 Å². The van der Waals surface area contributed by atoms with Gasteiger partial charge in [0, 0.05) is 17.3 Å². The number of nitrogens with two attached hydrogens (primary N) is 1. The van der Waals surface area contributed by atoms with Crippen molar-refractivity contribution < 1.29 is 0 Å². The molecule has 0 spiro atoms. The molecule has 1 aromatic carbocycles. The van der Waals surface area contributed by atoms with E-state index in [0.29, 0.717) is 11.0 Å². The third kappa shape index (κ3) is 3.02. The lowest BCUT2D eigenvalue weighted by atomic mass is 9.99. The second-order valence-corrected chi connectivity index (χ2v) is 5.81. The summed E-state index contributed by atoms with van der Waals surface area (Å²) in [5.41, 5.74) is 8.97. The number of thiocarbonyl (C=S) groups is 1. The smallest absolute Gasteiger partial charge is 0.104 e. The first-order valence-electron chi connectivity index (χ1n) is 6.75. The third-order valence-corrected chi connectivity index (χ3v) is 4.21. The van der Waals surface area contributed by atoms with Crippen LogP contribution in [0.1, 0.15) is 43.7 Å². The summed E-state index contributed by atoms with van der Waals surface area (Å²) in [6.45, 7) is 4.34. The van der Waals surface area contributed by atoms with Gasteiger partial charge in [0.2, 0.25) is 0 Å². The average molecular weight is 262 g/mol. The molecule has 0 aromatic heterocycles. The molecule has 1 unspecified atom stereocenters. The van der Waals surface area contributed by atoms with E-state index in [0.717, 1.165) is 17.0 Å². The number of aryl methyl sites for hydroxylation is 1.